The molecule has 0 spiro atoms. The number of benzene rings is 3. The molecule has 1 unspecified atom stereocenters. The Morgan fingerprint density at radius 1 is 0.855 bits per heavy atom. The lowest BCUT2D eigenvalue weighted by molar-refractivity contribution is -0.136. The fourth-order valence-electron chi connectivity index (χ4n) is 8.84. The number of nitrogens with zero attached hydrogens (tertiary/aromatic N) is 7. The van der Waals surface area contributed by atoms with E-state index in [1.165, 1.54) is 0 Å². The molecule has 4 aliphatic heterocycles. The topological polar surface area (TPSA) is 133 Å². The largest absolute Gasteiger partial charge is 0.487 e. The number of halogens is 1. The molecule has 0 aliphatic carbocycles. The summed E-state index contributed by atoms with van der Waals surface area (Å²) in [6, 6.07) is 19.8. The number of aromatic nitrogens is 2. The van der Waals surface area contributed by atoms with Crippen LogP contribution in [0.3, 0.4) is 0 Å². The van der Waals surface area contributed by atoms with Gasteiger partial charge in [0.25, 0.3) is 11.8 Å². The second kappa shape index (κ2) is 17.3. The lowest BCUT2D eigenvalue weighted by atomic mass is 9.78. The van der Waals surface area contributed by atoms with Crippen LogP contribution in [0.2, 0.25) is 5.02 Å². The van der Waals surface area contributed by atoms with E-state index in [2.05, 4.69) is 69.4 Å². The lowest BCUT2D eigenvalue weighted by Gasteiger charge is -2.45. The molecule has 8 rings (SSSR count). The van der Waals surface area contributed by atoms with Crippen LogP contribution in [0, 0.1) is 18.4 Å². The van der Waals surface area contributed by atoms with Crippen LogP contribution in [0.5, 0.6) is 5.75 Å². The third kappa shape index (κ3) is 8.80. The molecule has 3 fully saturated rings. The van der Waals surface area contributed by atoms with Crippen molar-refractivity contribution in [2.24, 2.45) is 0 Å². The minimum atomic E-state index is -1.00. The van der Waals surface area contributed by atoms with E-state index >= 15 is 0 Å². The number of rotatable bonds is 9. The highest BCUT2D eigenvalue weighted by Crippen LogP contribution is 2.36. The Bertz CT molecular complexity index is 2520. The van der Waals surface area contributed by atoms with Gasteiger partial charge in [-0.15, -0.1) is 0 Å². The molecule has 4 aromatic rings. The summed E-state index contributed by atoms with van der Waals surface area (Å²) in [4.78, 5) is 71.7. The summed E-state index contributed by atoms with van der Waals surface area (Å²) in [5.41, 5.74) is 3.71. The van der Waals surface area contributed by atoms with E-state index in [1.807, 2.05) is 42.5 Å². The van der Waals surface area contributed by atoms with Crippen LogP contribution in [0.4, 0.5) is 11.6 Å². The van der Waals surface area contributed by atoms with Gasteiger partial charge in [-0.2, -0.15) is 0 Å². The standard InChI is InChI=1S/C48H49ClN8O5/c1-47(2,18-14-31-6-11-39-40(26-31)45(61)57(44(39)60)41-12-13-42(58)53-43(41)59)56-20-16-37(17-21-56)54-22-24-55(25-23-54)46-51-19-15-35(52-46)30-62-38-9-7-32(8-10-38)48(3,4)33-27-34(49)29-36(28-33)50-5/h6-11,15,19,26-29,37,41H,12-13,16-17,20-25,30H2,1-4H3,(H,53,58,59). The highest BCUT2D eigenvalue weighted by atomic mass is 35.5. The average molecular weight is 853 g/mol. The van der Waals surface area contributed by atoms with Gasteiger partial charge in [-0.1, -0.05) is 55.5 Å². The molecule has 14 heteroatoms. The third-order valence-corrected chi connectivity index (χ3v) is 12.9. The van der Waals surface area contributed by atoms with E-state index in [0.29, 0.717) is 34.9 Å². The zero-order chi connectivity index (χ0) is 43.8. The average Bonchev–Trinajstić information content (AvgIpc) is 3.52. The lowest BCUT2D eigenvalue weighted by Crippen LogP contribution is -2.55. The number of piperidine rings is 2. The Hall–Kier alpha value is -6.12. The number of anilines is 1. The van der Waals surface area contributed by atoms with Gasteiger partial charge in [0.2, 0.25) is 17.8 Å². The number of hydrogen-bond donors (Lipinski definition) is 1. The Kier molecular flexibility index (Phi) is 11.9. The van der Waals surface area contributed by atoms with Crippen LogP contribution >= 0.6 is 11.6 Å². The van der Waals surface area contributed by atoms with Gasteiger partial charge in [0.05, 0.1) is 28.9 Å². The molecule has 5 heterocycles. The molecule has 0 bridgehead atoms. The Morgan fingerprint density at radius 2 is 1.58 bits per heavy atom. The van der Waals surface area contributed by atoms with E-state index in [-0.39, 0.29) is 29.4 Å². The zero-order valence-corrected chi connectivity index (χ0v) is 36.2. The first-order valence-corrected chi connectivity index (χ1v) is 21.4. The maximum Gasteiger partial charge on any atom is 0.262 e. The summed E-state index contributed by atoms with van der Waals surface area (Å²) in [5, 5.41) is 2.78. The van der Waals surface area contributed by atoms with Crippen LogP contribution in [-0.4, -0.2) is 105 Å². The van der Waals surface area contributed by atoms with Crippen LogP contribution in [0.1, 0.15) is 96.5 Å². The minimum absolute atomic E-state index is 0.0747. The molecule has 3 aromatic carbocycles. The van der Waals surface area contributed by atoms with Crippen molar-refractivity contribution in [2.45, 2.75) is 83.0 Å². The molecular formula is C48H49ClN8O5. The van der Waals surface area contributed by atoms with Crippen molar-refractivity contribution in [3.63, 3.8) is 0 Å². The number of nitrogens with one attached hydrogen (secondary N) is 1. The molecule has 0 radical (unpaired) electrons. The fraction of sp³-hybridized carbons (Fsp3) is 0.396. The molecule has 318 valence electrons. The molecule has 1 atom stereocenters. The van der Waals surface area contributed by atoms with Crippen molar-refractivity contribution < 1.29 is 23.9 Å². The normalized spacial score (nSPS) is 19.1. The SMILES string of the molecule is [C-]#[N+]c1cc(Cl)cc(C(C)(C)c2ccc(OCc3ccnc(N4CCN(C5CCN(C(C)(C)C#Cc6ccc7c(c6)C(=O)N(C6CCC(=O)NC6=O)C7=O)CC5)CC4)n3)cc2)c1. The van der Waals surface area contributed by atoms with Crippen LogP contribution in [-0.2, 0) is 21.6 Å². The second-order valence-electron chi connectivity index (χ2n) is 17.4. The second-order valence-corrected chi connectivity index (χ2v) is 17.8. The number of piperazine rings is 1. The van der Waals surface area contributed by atoms with Crippen LogP contribution in [0.15, 0.2) is 72.9 Å². The fourth-order valence-corrected chi connectivity index (χ4v) is 9.07. The van der Waals surface area contributed by atoms with Crippen molar-refractivity contribution in [1.82, 2.24) is 30.0 Å². The first-order valence-electron chi connectivity index (χ1n) is 21.1. The summed E-state index contributed by atoms with van der Waals surface area (Å²) < 4.78 is 6.15. The molecule has 4 aliphatic rings. The first kappa shape index (κ1) is 42.6. The molecule has 1 aromatic heterocycles. The predicted octanol–water partition coefficient (Wildman–Crippen LogP) is 6.40. The van der Waals surface area contributed by atoms with Gasteiger partial charge < -0.3 is 9.64 Å². The van der Waals surface area contributed by atoms with Crippen molar-refractivity contribution in [1.29, 1.82) is 0 Å². The summed E-state index contributed by atoms with van der Waals surface area (Å²) in [7, 11) is 0. The molecule has 4 amide bonds. The minimum Gasteiger partial charge on any atom is -0.487 e. The Labute approximate surface area is 367 Å². The van der Waals surface area contributed by atoms with Gasteiger partial charge in [-0.25, -0.2) is 14.8 Å². The molecule has 3 saturated heterocycles. The van der Waals surface area contributed by atoms with E-state index in [4.69, 9.17) is 27.9 Å². The monoisotopic (exact) mass is 852 g/mol. The third-order valence-electron chi connectivity index (χ3n) is 12.7. The molecule has 1 N–H and O–H groups in total. The number of fused-ring (bicyclic) bond motifs is 1. The number of carbonyl (C=O) groups excluding carboxylic acids is 4. The smallest absolute Gasteiger partial charge is 0.262 e. The molecule has 0 saturated carbocycles. The number of likely N-dealkylation sites (tertiary alicyclic amines) is 1. The van der Waals surface area contributed by atoms with Gasteiger partial charge >= 0.3 is 0 Å². The van der Waals surface area contributed by atoms with Crippen molar-refractivity contribution in [3.05, 3.63) is 123 Å². The maximum absolute atomic E-state index is 13.3. The maximum atomic E-state index is 13.3. The highest BCUT2D eigenvalue weighted by Gasteiger charge is 2.44. The number of amides is 4. The van der Waals surface area contributed by atoms with E-state index in [9.17, 15) is 19.2 Å². The number of hydrogen-bond acceptors (Lipinski definition) is 10. The van der Waals surface area contributed by atoms with Gasteiger partial charge in [-0.05, 0) is 92.8 Å². The Morgan fingerprint density at radius 3 is 2.29 bits per heavy atom. The van der Waals surface area contributed by atoms with Gasteiger partial charge in [0, 0.05) is 73.9 Å². The summed E-state index contributed by atoms with van der Waals surface area (Å²) in [5.74, 6) is 6.02. The number of ether oxygens (including phenoxy) is 1. The van der Waals surface area contributed by atoms with Crippen molar-refractivity contribution >= 4 is 46.9 Å². The van der Waals surface area contributed by atoms with Gasteiger partial charge in [-0.3, -0.25) is 39.2 Å². The van der Waals surface area contributed by atoms with Crippen LogP contribution in [0.25, 0.3) is 4.85 Å². The zero-order valence-electron chi connectivity index (χ0n) is 35.4. The highest BCUT2D eigenvalue weighted by molar-refractivity contribution is 6.31. The molecule has 62 heavy (non-hydrogen) atoms. The van der Waals surface area contributed by atoms with E-state index in [0.717, 1.165) is 79.6 Å². The first-order chi connectivity index (χ1) is 29.7. The quantitative estimate of drug-likeness (QED) is 0.115. The van der Waals surface area contributed by atoms with Crippen molar-refractivity contribution in [3.8, 4) is 17.6 Å². The van der Waals surface area contributed by atoms with Crippen LogP contribution < -0.4 is 15.0 Å². The molecule has 13 nitrogen and oxygen atoms in total. The Balaban J connectivity index is 0.807. The van der Waals surface area contributed by atoms with E-state index < -0.39 is 35.2 Å². The van der Waals surface area contributed by atoms with Crippen molar-refractivity contribution in [2.75, 3.05) is 44.2 Å². The van der Waals surface area contributed by atoms with Gasteiger partial charge in [0.1, 0.15) is 18.4 Å². The predicted molar refractivity (Wildman–Crippen MR) is 235 cm³/mol. The van der Waals surface area contributed by atoms with E-state index in [1.54, 1.807) is 30.5 Å². The summed E-state index contributed by atoms with van der Waals surface area (Å²) in [6.45, 7) is 21.5. The summed E-state index contributed by atoms with van der Waals surface area (Å²) >= 11 is 6.31. The number of carbonyl (C=O) groups is 4. The number of imide groups is 2. The van der Waals surface area contributed by atoms with Gasteiger partial charge in [0.15, 0.2) is 5.69 Å². The molecular weight excluding hydrogens is 804 g/mol. The summed E-state index contributed by atoms with van der Waals surface area (Å²) in [6.07, 6.45) is 4.05.